The van der Waals surface area contributed by atoms with Crippen LogP contribution in [-0.4, -0.2) is 22.6 Å². The van der Waals surface area contributed by atoms with Crippen molar-refractivity contribution in [1.29, 1.82) is 0 Å². The number of hydrogen-bond donors (Lipinski definition) is 2. The first-order valence-electron chi connectivity index (χ1n) is 7.25. The largest absolute Gasteiger partial charge is 0.487 e. The van der Waals surface area contributed by atoms with Crippen LogP contribution in [0.3, 0.4) is 0 Å². The molecular weight excluding hydrogens is 316 g/mol. The van der Waals surface area contributed by atoms with Gasteiger partial charge < -0.3 is 15.6 Å². The second kappa shape index (κ2) is 7.94. The predicted octanol–water partition coefficient (Wildman–Crippen LogP) is 3.14. The zero-order chi connectivity index (χ0) is 16.8. The highest BCUT2D eigenvalue weighted by Crippen LogP contribution is 2.30. The first-order chi connectivity index (χ1) is 11.0. The van der Waals surface area contributed by atoms with Gasteiger partial charge in [-0.25, -0.2) is 0 Å². The molecule has 0 aliphatic rings. The Labute approximate surface area is 140 Å². The molecule has 2 rings (SSSR count). The molecule has 0 fully saturated rings. The summed E-state index contributed by atoms with van der Waals surface area (Å²) in [6.07, 6.45) is 1.70. The van der Waals surface area contributed by atoms with E-state index in [9.17, 15) is 4.79 Å². The summed E-state index contributed by atoms with van der Waals surface area (Å²) < 4.78 is 5.77. The number of hydrogen-bond acceptors (Lipinski definition) is 4. The first kappa shape index (κ1) is 17.2. The molecule has 0 saturated carbocycles. The molecule has 0 aliphatic heterocycles. The fourth-order valence-corrected chi connectivity index (χ4v) is 2.46. The third-order valence-corrected chi connectivity index (χ3v) is 3.80. The normalized spacial score (nSPS) is 12.0. The van der Waals surface area contributed by atoms with Gasteiger partial charge in [0.15, 0.2) is 0 Å². The Morgan fingerprint density at radius 3 is 2.83 bits per heavy atom. The zero-order valence-corrected chi connectivity index (χ0v) is 13.6. The molecule has 0 radical (unpaired) electrons. The summed E-state index contributed by atoms with van der Waals surface area (Å²) in [6.45, 7) is 2.52. The van der Waals surface area contributed by atoms with Gasteiger partial charge in [0.1, 0.15) is 12.4 Å². The summed E-state index contributed by atoms with van der Waals surface area (Å²) >= 11 is 6.16. The fraction of sp³-hybridized carbons (Fsp3) is 0.294. The Morgan fingerprint density at radius 2 is 2.17 bits per heavy atom. The van der Waals surface area contributed by atoms with Gasteiger partial charge in [0.2, 0.25) is 0 Å². The average molecular weight is 335 g/mol. The van der Waals surface area contributed by atoms with Gasteiger partial charge in [-0.15, -0.1) is 0 Å². The van der Waals surface area contributed by atoms with Crippen LogP contribution in [0.25, 0.3) is 0 Å². The van der Waals surface area contributed by atoms with Crippen molar-refractivity contribution in [3.05, 3.63) is 58.4 Å². The maximum Gasteiger partial charge on any atom is 0.304 e. The van der Waals surface area contributed by atoms with Crippen LogP contribution in [0.15, 0.2) is 36.5 Å². The smallest absolute Gasteiger partial charge is 0.304 e. The van der Waals surface area contributed by atoms with Crippen LogP contribution in [0.2, 0.25) is 5.02 Å². The third-order valence-electron chi connectivity index (χ3n) is 3.49. The summed E-state index contributed by atoms with van der Waals surface area (Å²) in [4.78, 5) is 15.1. The minimum Gasteiger partial charge on any atom is -0.487 e. The lowest BCUT2D eigenvalue weighted by atomic mass is 9.96. The highest BCUT2D eigenvalue weighted by molar-refractivity contribution is 6.32. The summed E-state index contributed by atoms with van der Waals surface area (Å²) in [5.41, 5.74) is 8.38. The molecule has 23 heavy (non-hydrogen) atoms. The van der Waals surface area contributed by atoms with Crippen molar-refractivity contribution in [3.63, 3.8) is 0 Å². The molecule has 0 saturated heterocycles. The van der Waals surface area contributed by atoms with E-state index in [0.717, 1.165) is 16.8 Å². The number of carbonyl (C=O) groups is 1. The van der Waals surface area contributed by atoms with Crippen LogP contribution in [0.1, 0.15) is 29.2 Å². The Balaban J connectivity index is 2.15. The van der Waals surface area contributed by atoms with Crippen LogP contribution in [0.5, 0.6) is 5.75 Å². The molecule has 1 aromatic carbocycles. The Bertz CT molecular complexity index is 691. The van der Waals surface area contributed by atoms with Crippen molar-refractivity contribution in [3.8, 4) is 5.75 Å². The maximum absolute atomic E-state index is 10.9. The third kappa shape index (κ3) is 4.94. The van der Waals surface area contributed by atoms with Crippen LogP contribution in [0, 0.1) is 6.92 Å². The highest BCUT2D eigenvalue weighted by Gasteiger charge is 2.16. The second-order valence-electron chi connectivity index (χ2n) is 5.31. The number of benzene rings is 1. The van der Waals surface area contributed by atoms with Crippen LogP contribution >= 0.6 is 11.6 Å². The molecule has 2 aromatic rings. The van der Waals surface area contributed by atoms with Gasteiger partial charge in [-0.3, -0.25) is 9.78 Å². The molecule has 5 nitrogen and oxygen atoms in total. The van der Waals surface area contributed by atoms with Crippen molar-refractivity contribution >= 4 is 17.6 Å². The van der Waals surface area contributed by atoms with Gasteiger partial charge in [0, 0.05) is 17.8 Å². The molecule has 0 spiro atoms. The standard InChI is InChI=1S/C17H19ClN2O3/c1-11-6-12(4-5-20-11)10-23-16-7-13(2-3-15(16)18)14(9-19)8-17(21)22/h2-7,14H,8-10,19H2,1H3,(H,21,22)/t14-/m0/s1. The summed E-state index contributed by atoms with van der Waals surface area (Å²) in [5.74, 6) is -0.636. The van der Waals surface area contributed by atoms with E-state index in [-0.39, 0.29) is 18.9 Å². The van der Waals surface area contributed by atoms with Crippen molar-refractivity contribution in [2.75, 3.05) is 6.54 Å². The monoisotopic (exact) mass is 334 g/mol. The van der Waals surface area contributed by atoms with Crippen molar-refractivity contribution in [2.45, 2.75) is 25.9 Å². The number of ether oxygens (including phenoxy) is 1. The molecule has 0 bridgehead atoms. The molecule has 1 atom stereocenters. The zero-order valence-electron chi connectivity index (χ0n) is 12.8. The number of aryl methyl sites for hydroxylation is 1. The van der Waals surface area contributed by atoms with E-state index in [2.05, 4.69) is 4.98 Å². The van der Waals surface area contributed by atoms with E-state index in [0.29, 0.717) is 17.4 Å². The molecule has 1 aromatic heterocycles. The van der Waals surface area contributed by atoms with E-state index in [1.165, 1.54) is 0 Å². The lowest BCUT2D eigenvalue weighted by Crippen LogP contribution is -2.16. The maximum atomic E-state index is 10.9. The molecular formula is C17H19ClN2O3. The van der Waals surface area contributed by atoms with Gasteiger partial charge >= 0.3 is 5.97 Å². The molecule has 0 unspecified atom stereocenters. The van der Waals surface area contributed by atoms with Crippen LogP contribution in [-0.2, 0) is 11.4 Å². The highest BCUT2D eigenvalue weighted by atomic mass is 35.5. The molecule has 0 amide bonds. The number of rotatable bonds is 7. The number of carboxylic acids is 1. The predicted molar refractivity (Wildman–Crippen MR) is 88.8 cm³/mol. The van der Waals surface area contributed by atoms with Gasteiger partial charge in [-0.2, -0.15) is 0 Å². The quantitative estimate of drug-likeness (QED) is 0.812. The first-order valence-corrected chi connectivity index (χ1v) is 7.63. The number of carboxylic acid groups (broad SMARTS) is 1. The van der Waals surface area contributed by atoms with Crippen molar-refractivity contribution < 1.29 is 14.6 Å². The minimum absolute atomic E-state index is 0.0267. The lowest BCUT2D eigenvalue weighted by Gasteiger charge is -2.15. The molecule has 3 N–H and O–H groups in total. The number of nitrogens with two attached hydrogens (primary N) is 1. The van der Waals surface area contributed by atoms with Crippen molar-refractivity contribution in [1.82, 2.24) is 4.98 Å². The summed E-state index contributed by atoms with van der Waals surface area (Å²) in [7, 11) is 0. The average Bonchev–Trinajstić information content (AvgIpc) is 2.52. The summed E-state index contributed by atoms with van der Waals surface area (Å²) in [6, 6.07) is 9.06. The second-order valence-corrected chi connectivity index (χ2v) is 5.72. The van der Waals surface area contributed by atoms with Gasteiger partial charge in [-0.05, 0) is 48.9 Å². The van der Waals surface area contributed by atoms with Gasteiger partial charge in [0.25, 0.3) is 0 Å². The molecule has 1 heterocycles. The van der Waals surface area contributed by atoms with Crippen LogP contribution < -0.4 is 10.5 Å². The van der Waals surface area contributed by atoms with E-state index in [1.807, 2.05) is 19.1 Å². The topological polar surface area (TPSA) is 85.4 Å². The van der Waals surface area contributed by atoms with Gasteiger partial charge in [0.05, 0.1) is 11.4 Å². The van der Waals surface area contributed by atoms with E-state index < -0.39 is 5.97 Å². The van der Waals surface area contributed by atoms with Gasteiger partial charge in [-0.1, -0.05) is 17.7 Å². The Hall–Kier alpha value is -2.11. The SMILES string of the molecule is Cc1cc(COc2cc([C@H](CN)CC(=O)O)ccc2Cl)ccn1. The van der Waals surface area contributed by atoms with E-state index in [1.54, 1.807) is 24.4 Å². The molecule has 6 heteroatoms. The minimum atomic E-state index is -0.884. The fourth-order valence-electron chi connectivity index (χ4n) is 2.29. The summed E-state index contributed by atoms with van der Waals surface area (Å²) in [5, 5.41) is 9.44. The molecule has 122 valence electrons. The van der Waals surface area contributed by atoms with E-state index >= 15 is 0 Å². The number of nitrogens with zero attached hydrogens (tertiary/aromatic N) is 1. The number of pyridine rings is 1. The Morgan fingerprint density at radius 1 is 1.39 bits per heavy atom. The number of aliphatic carboxylic acids is 1. The van der Waals surface area contributed by atoms with Crippen LogP contribution in [0.4, 0.5) is 0 Å². The Kier molecular flexibility index (Phi) is 5.96. The number of aromatic nitrogens is 1. The number of halogens is 1. The van der Waals surface area contributed by atoms with Crippen molar-refractivity contribution in [2.24, 2.45) is 5.73 Å². The lowest BCUT2D eigenvalue weighted by molar-refractivity contribution is -0.137. The van der Waals surface area contributed by atoms with E-state index in [4.69, 9.17) is 27.2 Å². The molecule has 0 aliphatic carbocycles.